The smallest absolute Gasteiger partial charge is 0.118 e. The van der Waals surface area contributed by atoms with Gasteiger partial charge in [-0.2, -0.15) is 10.5 Å². The summed E-state index contributed by atoms with van der Waals surface area (Å²) in [5.41, 5.74) is 9.96. The summed E-state index contributed by atoms with van der Waals surface area (Å²) in [6.07, 6.45) is 0. The van der Waals surface area contributed by atoms with Gasteiger partial charge in [-0.1, -0.05) is 72.8 Å². The number of ether oxygens (including phenoxy) is 2. The van der Waals surface area contributed by atoms with E-state index in [1.165, 1.54) is 10.8 Å². The Morgan fingerprint density at radius 2 is 0.646 bits per heavy atom. The van der Waals surface area contributed by atoms with E-state index in [-0.39, 0.29) is 0 Å². The maximum Gasteiger partial charge on any atom is 0.118 e. The third-order valence-corrected chi connectivity index (χ3v) is 9.35. The SMILES string of the molecule is COc1ccc(-c2cc(-c3ccc(C#N)cc3)c3ccc4c(-c5ccc(OC)cc5)cc(-c5ccc(C#N)cc5)c5ccc2c3c54)cc1. The fourth-order valence-corrected chi connectivity index (χ4v) is 6.94. The van der Waals surface area contributed by atoms with Crippen molar-refractivity contribution in [1.82, 2.24) is 0 Å². The second-order valence-corrected chi connectivity index (χ2v) is 11.9. The van der Waals surface area contributed by atoms with Crippen LogP contribution in [0.4, 0.5) is 0 Å². The fourth-order valence-electron chi connectivity index (χ4n) is 6.94. The Balaban J connectivity index is 1.52. The van der Waals surface area contributed by atoms with Gasteiger partial charge in [0.1, 0.15) is 11.5 Å². The van der Waals surface area contributed by atoms with Crippen molar-refractivity contribution in [2.75, 3.05) is 14.2 Å². The Kier molecular flexibility index (Phi) is 6.98. The lowest BCUT2D eigenvalue weighted by atomic mass is 9.82. The molecule has 0 atom stereocenters. The Bertz CT molecular complexity index is 2370. The molecule has 0 aliphatic heterocycles. The molecule has 8 aromatic rings. The van der Waals surface area contributed by atoms with Gasteiger partial charge in [-0.25, -0.2) is 0 Å². The number of rotatable bonds is 6. The molecule has 4 heteroatoms. The van der Waals surface area contributed by atoms with Crippen molar-refractivity contribution in [2.24, 2.45) is 0 Å². The summed E-state index contributed by atoms with van der Waals surface area (Å²) < 4.78 is 11.0. The van der Waals surface area contributed by atoms with Gasteiger partial charge in [0.15, 0.2) is 0 Å². The molecule has 0 bridgehead atoms. The van der Waals surface area contributed by atoms with Crippen LogP contribution in [0.2, 0.25) is 0 Å². The summed E-state index contributed by atoms with van der Waals surface area (Å²) in [6, 6.07) is 50.1. The normalized spacial score (nSPS) is 11.1. The molecule has 226 valence electrons. The lowest BCUT2D eigenvalue weighted by Gasteiger charge is -2.21. The average molecular weight is 617 g/mol. The van der Waals surface area contributed by atoms with E-state index in [4.69, 9.17) is 9.47 Å². The molecule has 0 N–H and O–H groups in total. The fraction of sp³-hybridized carbons (Fsp3) is 0.0455. The van der Waals surface area contributed by atoms with E-state index in [1.807, 2.05) is 72.8 Å². The zero-order valence-electron chi connectivity index (χ0n) is 26.4. The van der Waals surface area contributed by atoms with Crippen molar-refractivity contribution < 1.29 is 9.47 Å². The van der Waals surface area contributed by atoms with Crippen LogP contribution >= 0.6 is 0 Å². The van der Waals surface area contributed by atoms with Gasteiger partial charge in [0.05, 0.1) is 37.5 Å². The van der Waals surface area contributed by atoms with E-state index in [0.717, 1.165) is 77.6 Å². The van der Waals surface area contributed by atoms with Crippen molar-refractivity contribution >= 4 is 32.3 Å². The molecule has 0 radical (unpaired) electrons. The van der Waals surface area contributed by atoms with Crippen molar-refractivity contribution in [3.05, 3.63) is 145 Å². The highest BCUT2D eigenvalue weighted by molar-refractivity contribution is 6.31. The van der Waals surface area contributed by atoms with E-state index in [1.54, 1.807) is 14.2 Å². The molecular formula is C44H28N2O2. The molecule has 0 heterocycles. The Morgan fingerprint density at radius 1 is 0.375 bits per heavy atom. The van der Waals surface area contributed by atoms with E-state index in [2.05, 4.69) is 72.8 Å². The van der Waals surface area contributed by atoms with Crippen LogP contribution in [0, 0.1) is 22.7 Å². The van der Waals surface area contributed by atoms with Gasteiger partial charge >= 0.3 is 0 Å². The number of hydrogen-bond donors (Lipinski definition) is 0. The number of hydrogen-bond acceptors (Lipinski definition) is 4. The van der Waals surface area contributed by atoms with Gasteiger partial charge in [-0.05, 0) is 137 Å². The minimum atomic E-state index is 0.628. The van der Waals surface area contributed by atoms with Crippen molar-refractivity contribution in [1.29, 1.82) is 10.5 Å². The van der Waals surface area contributed by atoms with E-state index in [0.29, 0.717) is 11.1 Å². The summed E-state index contributed by atoms with van der Waals surface area (Å²) in [5.74, 6) is 1.61. The Labute approximate surface area is 278 Å². The van der Waals surface area contributed by atoms with Crippen molar-refractivity contribution in [3.8, 4) is 68.1 Å². The molecule has 0 spiro atoms. The van der Waals surface area contributed by atoms with Crippen LogP contribution in [-0.2, 0) is 0 Å². The van der Waals surface area contributed by atoms with E-state index >= 15 is 0 Å². The molecule has 4 nitrogen and oxygen atoms in total. The van der Waals surface area contributed by atoms with Gasteiger partial charge in [0, 0.05) is 0 Å². The maximum atomic E-state index is 9.51. The highest BCUT2D eigenvalue weighted by Crippen LogP contribution is 2.48. The first-order valence-corrected chi connectivity index (χ1v) is 15.7. The third kappa shape index (κ3) is 4.68. The molecule has 8 aromatic carbocycles. The summed E-state index contributed by atoms with van der Waals surface area (Å²) in [7, 11) is 3.36. The molecule has 0 saturated carbocycles. The van der Waals surface area contributed by atoms with Crippen LogP contribution in [0.3, 0.4) is 0 Å². The standard InChI is InChI=1S/C44H28N2O2/c1-47-33-15-11-31(12-16-33)41-23-39(29-7-3-27(25-45)4-8-29)35-20-22-38-42(32-13-17-34(48-2)18-14-32)24-40(30-9-5-28(26-46)6-10-30)36-19-21-37(41)43(35)44(36)38/h3-24H,1-2H3. The Hall–Kier alpha value is -6.62. The predicted octanol–water partition coefficient (Wildman–Crippen LogP) is 11.0. The predicted molar refractivity (Wildman–Crippen MR) is 194 cm³/mol. The zero-order chi connectivity index (χ0) is 32.8. The van der Waals surface area contributed by atoms with Gasteiger partial charge in [-0.15, -0.1) is 0 Å². The van der Waals surface area contributed by atoms with Gasteiger partial charge in [0.2, 0.25) is 0 Å². The molecular weight excluding hydrogens is 588 g/mol. The summed E-state index contributed by atoms with van der Waals surface area (Å²) in [4.78, 5) is 0. The lowest BCUT2D eigenvalue weighted by molar-refractivity contribution is 0.415. The number of nitrogens with zero attached hydrogens (tertiary/aromatic N) is 2. The van der Waals surface area contributed by atoms with Crippen LogP contribution in [0.15, 0.2) is 133 Å². The minimum Gasteiger partial charge on any atom is -0.497 e. The molecule has 0 aliphatic rings. The molecule has 0 saturated heterocycles. The number of methoxy groups -OCH3 is 2. The molecule has 0 fully saturated rings. The minimum absolute atomic E-state index is 0.628. The zero-order valence-corrected chi connectivity index (χ0v) is 26.4. The monoisotopic (exact) mass is 616 g/mol. The number of benzene rings is 8. The van der Waals surface area contributed by atoms with Gasteiger partial charge < -0.3 is 9.47 Å². The van der Waals surface area contributed by atoms with E-state index in [9.17, 15) is 10.5 Å². The van der Waals surface area contributed by atoms with Crippen molar-refractivity contribution in [2.45, 2.75) is 0 Å². The van der Waals surface area contributed by atoms with Crippen LogP contribution in [0.25, 0.3) is 76.8 Å². The van der Waals surface area contributed by atoms with E-state index < -0.39 is 0 Å². The summed E-state index contributed by atoms with van der Waals surface area (Å²) in [5, 5.41) is 26.0. The van der Waals surface area contributed by atoms with Crippen molar-refractivity contribution in [3.63, 3.8) is 0 Å². The largest absolute Gasteiger partial charge is 0.497 e. The number of nitriles is 2. The quantitative estimate of drug-likeness (QED) is 0.174. The van der Waals surface area contributed by atoms with Gasteiger partial charge in [-0.3, -0.25) is 0 Å². The summed E-state index contributed by atoms with van der Waals surface area (Å²) in [6.45, 7) is 0. The van der Waals surface area contributed by atoms with Crippen LogP contribution < -0.4 is 9.47 Å². The summed E-state index contributed by atoms with van der Waals surface area (Å²) >= 11 is 0. The highest BCUT2D eigenvalue weighted by atomic mass is 16.5. The first-order chi connectivity index (χ1) is 23.6. The molecule has 8 rings (SSSR count). The molecule has 0 unspecified atom stereocenters. The third-order valence-electron chi connectivity index (χ3n) is 9.35. The average Bonchev–Trinajstić information content (AvgIpc) is 3.16. The lowest BCUT2D eigenvalue weighted by Crippen LogP contribution is -1.94. The molecule has 0 aromatic heterocycles. The highest BCUT2D eigenvalue weighted by Gasteiger charge is 2.21. The second kappa shape index (κ2) is 11.6. The Morgan fingerprint density at radius 3 is 0.896 bits per heavy atom. The van der Waals surface area contributed by atoms with Crippen LogP contribution in [0.1, 0.15) is 11.1 Å². The molecule has 48 heavy (non-hydrogen) atoms. The molecule has 0 aliphatic carbocycles. The second-order valence-electron chi connectivity index (χ2n) is 11.9. The first kappa shape index (κ1) is 28.8. The van der Waals surface area contributed by atoms with Crippen LogP contribution in [0.5, 0.6) is 11.5 Å². The van der Waals surface area contributed by atoms with Crippen LogP contribution in [-0.4, -0.2) is 14.2 Å². The first-order valence-electron chi connectivity index (χ1n) is 15.7. The topological polar surface area (TPSA) is 66.0 Å². The molecule has 0 amide bonds. The van der Waals surface area contributed by atoms with Gasteiger partial charge in [0.25, 0.3) is 0 Å². The maximum absolute atomic E-state index is 9.51.